The summed E-state index contributed by atoms with van der Waals surface area (Å²) in [7, 11) is 2.04. The molecule has 2 aromatic carbocycles. The molecule has 94 valence electrons. The Labute approximate surface area is 109 Å². The highest BCUT2D eigenvalue weighted by Crippen LogP contribution is 2.26. The van der Waals surface area contributed by atoms with Gasteiger partial charge in [-0.1, -0.05) is 30.3 Å². The summed E-state index contributed by atoms with van der Waals surface area (Å²) in [5.74, 6) is 0.793. The number of nitrogens with one attached hydrogen (secondary N) is 1. The van der Waals surface area contributed by atoms with Crippen LogP contribution in [0.1, 0.15) is 6.42 Å². The maximum atomic E-state index is 3.28. The number of fused-ring (bicyclic) bond motifs is 1. The summed E-state index contributed by atoms with van der Waals surface area (Å²) in [6.45, 7) is 3.49. The molecule has 1 aliphatic heterocycles. The lowest BCUT2D eigenvalue weighted by molar-refractivity contribution is 0.549. The van der Waals surface area contributed by atoms with Crippen molar-refractivity contribution in [3.05, 3.63) is 42.5 Å². The van der Waals surface area contributed by atoms with E-state index in [9.17, 15) is 0 Å². The van der Waals surface area contributed by atoms with Gasteiger partial charge in [0.15, 0.2) is 0 Å². The molecule has 2 nitrogen and oxygen atoms in total. The van der Waals surface area contributed by atoms with Gasteiger partial charge in [-0.15, -0.1) is 0 Å². The maximum absolute atomic E-state index is 3.28. The van der Waals surface area contributed by atoms with Crippen molar-refractivity contribution < 1.29 is 0 Å². The Balaban J connectivity index is 1.82. The van der Waals surface area contributed by atoms with Crippen molar-refractivity contribution in [3.63, 3.8) is 0 Å². The number of nitrogens with zero attached hydrogens (tertiary/aromatic N) is 1. The number of anilines is 1. The molecule has 0 amide bonds. The minimum atomic E-state index is 0.793. The van der Waals surface area contributed by atoms with Gasteiger partial charge in [-0.2, -0.15) is 0 Å². The number of hydrogen-bond acceptors (Lipinski definition) is 2. The number of rotatable bonds is 3. The predicted octanol–water partition coefficient (Wildman–Crippen LogP) is 2.89. The molecule has 0 saturated carbocycles. The van der Waals surface area contributed by atoms with Gasteiger partial charge in [0.25, 0.3) is 0 Å². The van der Waals surface area contributed by atoms with Crippen LogP contribution in [0.5, 0.6) is 0 Å². The lowest BCUT2D eigenvalue weighted by atomic mass is 10.1. The van der Waals surface area contributed by atoms with Gasteiger partial charge in [-0.05, 0) is 48.8 Å². The number of benzene rings is 2. The van der Waals surface area contributed by atoms with E-state index in [0.717, 1.165) is 12.5 Å². The zero-order valence-corrected chi connectivity index (χ0v) is 10.9. The van der Waals surface area contributed by atoms with E-state index in [-0.39, 0.29) is 0 Å². The van der Waals surface area contributed by atoms with Crippen LogP contribution in [0.4, 0.5) is 5.69 Å². The molecule has 1 atom stereocenters. The molecule has 1 heterocycles. The van der Waals surface area contributed by atoms with Gasteiger partial charge >= 0.3 is 0 Å². The van der Waals surface area contributed by atoms with Crippen LogP contribution in [0.15, 0.2) is 42.5 Å². The lowest BCUT2D eigenvalue weighted by Gasteiger charge is -2.19. The molecule has 0 spiro atoms. The summed E-state index contributed by atoms with van der Waals surface area (Å²) >= 11 is 0. The fourth-order valence-corrected chi connectivity index (χ4v) is 2.90. The zero-order valence-electron chi connectivity index (χ0n) is 10.9. The summed E-state index contributed by atoms with van der Waals surface area (Å²) in [5.41, 5.74) is 1.37. The van der Waals surface area contributed by atoms with Crippen LogP contribution in [0.3, 0.4) is 0 Å². The summed E-state index contributed by atoms with van der Waals surface area (Å²) in [4.78, 5) is 2.51. The Morgan fingerprint density at radius 3 is 2.83 bits per heavy atom. The van der Waals surface area contributed by atoms with Crippen molar-refractivity contribution in [2.24, 2.45) is 5.92 Å². The van der Waals surface area contributed by atoms with Gasteiger partial charge in [0.2, 0.25) is 0 Å². The molecule has 0 bridgehead atoms. The van der Waals surface area contributed by atoms with Crippen molar-refractivity contribution in [1.29, 1.82) is 0 Å². The first kappa shape index (κ1) is 11.5. The van der Waals surface area contributed by atoms with Crippen molar-refractivity contribution >= 4 is 16.5 Å². The molecule has 0 aromatic heterocycles. The average Bonchev–Trinajstić information content (AvgIpc) is 2.87. The van der Waals surface area contributed by atoms with E-state index in [0.29, 0.717) is 0 Å². The highest BCUT2D eigenvalue weighted by molar-refractivity contribution is 5.85. The van der Waals surface area contributed by atoms with E-state index in [2.05, 4.69) is 52.7 Å². The van der Waals surface area contributed by atoms with Crippen LogP contribution in [-0.4, -0.2) is 26.7 Å². The first-order valence-electron chi connectivity index (χ1n) is 6.75. The average molecular weight is 240 g/mol. The SMILES string of the molecule is CNCC1CCN(c2ccc3ccccc3c2)C1. The van der Waals surface area contributed by atoms with Crippen LogP contribution >= 0.6 is 0 Å². The smallest absolute Gasteiger partial charge is 0.0372 e. The highest BCUT2D eigenvalue weighted by Gasteiger charge is 2.21. The van der Waals surface area contributed by atoms with Crippen LogP contribution < -0.4 is 10.2 Å². The van der Waals surface area contributed by atoms with Crippen LogP contribution in [0.25, 0.3) is 10.8 Å². The van der Waals surface area contributed by atoms with Crippen molar-refractivity contribution in [1.82, 2.24) is 5.32 Å². The normalized spacial score (nSPS) is 19.6. The third-order valence-electron chi connectivity index (χ3n) is 3.88. The van der Waals surface area contributed by atoms with Crippen LogP contribution in [-0.2, 0) is 0 Å². The van der Waals surface area contributed by atoms with Crippen LogP contribution in [0.2, 0.25) is 0 Å². The molecule has 1 saturated heterocycles. The van der Waals surface area contributed by atoms with Gasteiger partial charge in [0, 0.05) is 18.8 Å². The van der Waals surface area contributed by atoms with Gasteiger partial charge in [-0.25, -0.2) is 0 Å². The summed E-state index contributed by atoms with van der Waals surface area (Å²) in [6, 6.07) is 15.4. The molecule has 0 radical (unpaired) electrons. The Morgan fingerprint density at radius 2 is 2.00 bits per heavy atom. The molecule has 1 unspecified atom stereocenters. The third kappa shape index (κ3) is 2.21. The number of hydrogen-bond donors (Lipinski definition) is 1. The molecule has 2 aromatic rings. The van der Waals surface area contributed by atoms with E-state index in [1.807, 2.05) is 7.05 Å². The molecular weight excluding hydrogens is 220 g/mol. The topological polar surface area (TPSA) is 15.3 Å². The Hall–Kier alpha value is -1.54. The third-order valence-corrected chi connectivity index (χ3v) is 3.88. The quantitative estimate of drug-likeness (QED) is 0.887. The predicted molar refractivity (Wildman–Crippen MR) is 78.2 cm³/mol. The maximum Gasteiger partial charge on any atom is 0.0372 e. The van der Waals surface area contributed by atoms with Gasteiger partial charge in [-0.3, -0.25) is 0 Å². The Bertz CT molecular complexity index is 535. The summed E-state index contributed by atoms with van der Waals surface area (Å²) in [5, 5.41) is 5.95. The van der Waals surface area contributed by atoms with Gasteiger partial charge < -0.3 is 10.2 Å². The molecule has 18 heavy (non-hydrogen) atoms. The fraction of sp³-hybridized carbons (Fsp3) is 0.375. The molecule has 3 rings (SSSR count). The van der Waals surface area contributed by atoms with E-state index < -0.39 is 0 Å². The van der Waals surface area contributed by atoms with E-state index in [1.165, 1.54) is 36.0 Å². The zero-order chi connectivity index (χ0) is 12.4. The van der Waals surface area contributed by atoms with Gasteiger partial charge in [0.05, 0.1) is 0 Å². The second kappa shape index (κ2) is 4.99. The van der Waals surface area contributed by atoms with Crippen molar-refractivity contribution in [2.45, 2.75) is 6.42 Å². The minimum Gasteiger partial charge on any atom is -0.371 e. The molecule has 1 fully saturated rings. The monoisotopic (exact) mass is 240 g/mol. The minimum absolute atomic E-state index is 0.793. The second-order valence-corrected chi connectivity index (χ2v) is 5.19. The largest absolute Gasteiger partial charge is 0.371 e. The molecule has 0 aliphatic carbocycles. The van der Waals surface area contributed by atoms with Crippen molar-refractivity contribution in [3.8, 4) is 0 Å². The highest BCUT2D eigenvalue weighted by atomic mass is 15.2. The lowest BCUT2D eigenvalue weighted by Crippen LogP contribution is -2.24. The van der Waals surface area contributed by atoms with Gasteiger partial charge in [0.1, 0.15) is 0 Å². The van der Waals surface area contributed by atoms with Crippen LogP contribution in [0, 0.1) is 5.92 Å². The first-order chi connectivity index (χ1) is 8.86. The first-order valence-corrected chi connectivity index (χ1v) is 6.75. The molecular formula is C16H20N2. The molecule has 1 N–H and O–H groups in total. The standard InChI is InChI=1S/C16H20N2/c1-17-11-13-8-9-18(12-13)16-7-6-14-4-2-3-5-15(14)10-16/h2-7,10,13,17H,8-9,11-12H2,1H3. The van der Waals surface area contributed by atoms with E-state index in [1.54, 1.807) is 0 Å². The fourth-order valence-electron chi connectivity index (χ4n) is 2.90. The summed E-state index contributed by atoms with van der Waals surface area (Å²) in [6.07, 6.45) is 1.30. The van der Waals surface area contributed by atoms with E-state index >= 15 is 0 Å². The van der Waals surface area contributed by atoms with Crippen molar-refractivity contribution in [2.75, 3.05) is 31.6 Å². The summed E-state index contributed by atoms with van der Waals surface area (Å²) < 4.78 is 0. The molecule has 2 heteroatoms. The Kier molecular flexibility index (Phi) is 3.20. The van der Waals surface area contributed by atoms with E-state index in [4.69, 9.17) is 0 Å². The Morgan fingerprint density at radius 1 is 1.17 bits per heavy atom. The molecule has 1 aliphatic rings. The second-order valence-electron chi connectivity index (χ2n) is 5.19.